The Morgan fingerprint density at radius 3 is 2.52 bits per heavy atom. The maximum atomic E-state index is 12.2. The second kappa shape index (κ2) is 7.30. The molecule has 0 spiro atoms. The standard InChI is InChI=1S/C20H22N4O/c1-14-8-7-11-19(21-14)22-20(25)13-12-18-15(2)23-24(16(18)3)17-9-5-4-6-10-17/h4-11H,12-13H2,1-3H3,(H,21,22,25). The number of carbonyl (C=O) groups excluding carboxylic acids is 1. The molecule has 0 aliphatic heterocycles. The minimum absolute atomic E-state index is 0.0376. The van der Waals surface area contributed by atoms with Gasteiger partial charge in [0.15, 0.2) is 0 Å². The molecule has 0 fully saturated rings. The van der Waals surface area contributed by atoms with Crippen LogP contribution in [0.5, 0.6) is 0 Å². The van der Waals surface area contributed by atoms with Gasteiger partial charge in [-0.3, -0.25) is 4.79 Å². The summed E-state index contributed by atoms with van der Waals surface area (Å²) in [5, 5.41) is 7.48. The number of aromatic nitrogens is 3. The van der Waals surface area contributed by atoms with Crippen LogP contribution in [0.2, 0.25) is 0 Å². The predicted octanol–water partition coefficient (Wildman–Crippen LogP) is 3.76. The molecule has 0 aliphatic rings. The normalized spacial score (nSPS) is 10.7. The van der Waals surface area contributed by atoms with Gasteiger partial charge in [-0.15, -0.1) is 0 Å². The Morgan fingerprint density at radius 1 is 1.04 bits per heavy atom. The highest BCUT2D eigenvalue weighted by Crippen LogP contribution is 2.19. The summed E-state index contributed by atoms with van der Waals surface area (Å²) in [6, 6.07) is 15.6. The van der Waals surface area contributed by atoms with Crippen molar-refractivity contribution in [1.29, 1.82) is 0 Å². The first kappa shape index (κ1) is 16.9. The number of aryl methyl sites for hydroxylation is 2. The van der Waals surface area contributed by atoms with Crippen LogP contribution in [-0.4, -0.2) is 20.7 Å². The van der Waals surface area contributed by atoms with Gasteiger partial charge in [-0.2, -0.15) is 5.10 Å². The van der Waals surface area contributed by atoms with Gasteiger partial charge in [0.05, 0.1) is 11.4 Å². The van der Waals surface area contributed by atoms with Gasteiger partial charge >= 0.3 is 0 Å². The zero-order valence-electron chi connectivity index (χ0n) is 14.8. The van der Waals surface area contributed by atoms with Crippen LogP contribution in [0.25, 0.3) is 5.69 Å². The smallest absolute Gasteiger partial charge is 0.225 e. The van der Waals surface area contributed by atoms with Crippen LogP contribution in [0.3, 0.4) is 0 Å². The average molecular weight is 334 g/mol. The van der Waals surface area contributed by atoms with Gasteiger partial charge in [0.1, 0.15) is 5.82 Å². The second-order valence-electron chi connectivity index (χ2n) is 6.11. The largest absolute Gasteiger partial charge is 0.311 e. The monoisotopic (exact) mass is 334 g/mol. The molecule has 3 rings (SSSR count). The van der Waals surface area contributed by atoms with E-state index in [1.807, 2.05) is 67.9 Å². The predicted molar refractivity (Wildman–Crippen MR) is 99.0 cm³/mol. The summed E-state index contributed by atoms with van der Waals surface area (Å²) in [4.78, 5) is 16.5. The van der Waals surface area contributed by atoms with Crippen molar-refractivity contribution in [3.63, 3.8) is 0 Å². The third-order valence-electron chi connectivity index (χ3n) is 4.20. The summed E-state index contributed by atoms with van der Waals surface area (Å²) < 4.78 is 1.94. The Bertz CT molecular complexity index is 884. The summed E-state index contributed by atoms with van der Waals surface area (Å²) in [5.74, 6) is 0.558. The number of rotatable bonds is 5. The van der Waals surface area contributed by atoms with E-state index in [9.17, 15) is 4.79 Å². The van der Waals surface area contributed by atoms with E-state index in [-0.39, 0.29) is 5.91 Å². The van der Waals surface area contributed by atoms with E-state index in [1.165, 1.54) is 0 Å². The van der Waals surface area contributed by atoms with Crippen molar-refractivity contribution < 1.29 is 4.79 Å². The lowest BCUT2D eigenvalue weighted by Crippen LogP contribution is -2.14. The summed E-state index contributed by atoms with van der Waals surface area (Å²) >= 11 is 0. The molecule has 0 bridgehead atoms. The number of nitrogens with one attached hydrogen (secondary N) is 1. The molecule has 1 amide bonds. The zero-order chi connectivity index (χ0) is 17.8. The first-order valence-electron chi connectivity index (χ1n) is 8.38. The Kier molecular flexibility index (Phi) is 4.93. The molecule has 128 valence electrons. The van der Waals surface area contributed by atoms with Crippen molar-refractivity contribution in [3.8, 4) is 5.69 Å². The van der Waals surface area contributed by atoms with Crippen LogP contribution in [0.15, 0.2) is 48.5 Å². The van der Waals surface area contributed by atoms with E-state index in [4.69, 9.17) is 0 Å². The van der Waals surface area contributed by atoms with E-state index >= 15 is 0 Å². The van der Waals surface area contributed by atoms with E-state index in [0.29, 0.717) is 18.7 Å². The number of hydrogen-bond acceptors (Lipinski definition) is 3. The Labute approximate surface area is 147 Å². The highest BCUT2D eigenvalue weighted by Gasteiger charge is 2.14. The highest BCUT2D eigenvalue weighted by molar-refractivity contribution is 5.89. The number of nitrogens with zero attached hydrogens (tertiary/aromatic N) is 3. The molecule has 2 heterocycles. The maximum Gasteiger partial charge on any atom is 0.225 e. The van der Waals surface area contributed by atoms with E-state index < -0.39 is 0 Å². The van der Waals surface area contributed by atoms with Gasteiger partial charge in [0, 0.05) is 17.8 Å². The van der Waals surface area contributed by atoms with Crippen LogP contribution >= 0.6 is 0 Å². The number of para-hydroxylation sites is 1. The minimum atomic E-state index is -0.0376. The van der Waals surface area contributed by atoms with Crippen LogP contribution < -0.4 is 5.32 Å². The van der Waals surface area contributed by atoms with Gasteiger partial charge in [-0.05, 0) is 57.0 Å². The Balaban J connectivity index is 1.69. The third-order valence-corrected chi connectivity index (χ3v) is 4.20. The number of pyridine rings is 1. The van der Waals surface area contributed by atoms with E-state index in [2.05, 4.69) is 15.4 Å². The molecule has 2 aromatic heterocycles. The molecular formula is C20H22N4O. The topological polar surface area (TPSA) is 59.8 Å². The fourth-order valence-corrected chi connectivity index (χ4v) is 2.91. The fraction of sp³-hybridized carbons (Fsp3) is 0.250. The quantitative estimate of drug-likeness (QED) is 0.773. The molecule has 1 N–H and O–H groups in total. The average Bonchev–Trinajstić information content (AvgIpc) is 2.88. The van der Waals surface area contributed by atoms with Gasteiger partial charge in [-0.25, -0.2) is 9.67 Å². The molecule has 5 heteroatoms. The zero-order valence-corrected chi connectivity index (χ0v) is 14.8. The number of carbonyl (C=O) groups is 1. The highest BCUT2D eigenvalue weighted by atomic mass is 16.1. The summed E-state index contributed by atoms with van der Waals surface area (Å²) in [5.41, 5.74) is 5.07. The van der Waals surface area contributed by atoms with Crippen molar-refractivity contribution in [1.82, 2.24) is 14.8 Å². The molecule has 25 heavy (non-hydrogen) atoms. The van der Waals surface area contributed by atoms with Gasteiger partial charge in [0.2, 0.25) is 5.91 Å². The van der Waals surface area contributed by atoms with Crippen molar-refractivity contribution in [2.75, 3.05) is 5.32 Å². The maximum absolute atomic E-state index is 12.2. The SMILES string of the molecule is Cc1cccc(NC(=O)CCc2c(C)nn(-c3ccccc3)c2C)n1. The molecule has 5 nitrogen and oxygen atoms in total. The molecule has 0 atom stereocenters. The van der Waals surface area contributed by atoms with E-state index in [1.54, 1.807) is 6.07 Å². The molecular weight excluding hydrogens is 312 g/mol. The molecule has 0 saturated heterocycles. The number of hydrogen-bond donors (Lipinski definition) is 1. The molecule has 0 unspecified atom stereocenters. The Morgan fingerprint density at radius 2 is 1.80 bits per heavy atom. The molecule has 0 saturated carbocycles. The van der Waals surface area contributed by atoms with Crippen molar-refractivity contribution in [2.24, 2.45) is 0 Å². The van der Waals surface area contributed by atoms with Gasteiger partial charge in [0.25, 0.3) is 0 Å². The third kappa shape index (κ3) is 3.94. The molecule has 3 aromatic rings. The number of anilines is 1. The lowest BCUT2D eigenvalue weighted by atomic mass is 10.1. The van der Waals surface area contributed by atoms with Crippen molar-refractivity contribution in [3.05, 3.63) is 71.2 Å². The van der Waals surface area contributed by atoms with Crippen molar-refractivity contribution in [2.45, 2.75) is 33.6 Å². The van der Waals surface area contributed by atoms with Gasteiger partial charge in [-0.1, -0.05) is 24.3 Å². The van der Waals surface area contributed by atoms with Crippen molar-refractivity contribution >= 4 is 11.7 Å². The summed E-state index contributed by atoms with van der Waals surface area (Å²) in [6.45, 7) is 5.94. The molecule has 0 radical (unpaired) electrons. The fourth-order valence-electron chi connectivity index (χ4n) is 2.91. The minimum Gasteiger partial charge on any atom is -0.311 e. The lowest BCUT2D eigenvalue weighted by Gasteiger charge is -2.07. The first-order valence-corrected chi connectivity index (χ1v) is 8.38. The Hall–Kier alpha value is -2.95. The second-order valence-corrected chi connectivity index (χ2v) is 6.11. The van der Waals surface area contributed by atoms with Crippen LogP contribution in [0, 0.1) is 20.8 Å². The summed E-state index contributed by atoms with van der Waals surface area (Å²) in [7, 11) is 0. The molecule has 1 aromatic carbocycles. The van der Waals surface area contributed by atoms with E-state index in [0.717, 1.165) is 28.3 Å². The van der Waals surface area contributed by atoms with Gasteiger partial charge < -0.3 is 5.32 Å². The number of benzene rings is 1. The number of amides is 1. The lowest BCUT2D eigenvalue weighted by molar-refractivity contribution is -0.116. The van der Waals surface area contributed by atoms with Crippen LogP contribution in [0.1, 0.15) is 29.1 Å². The first-order chi connectivity index (χ1) is 12.0. The molecule has 0 aliphatic carbocycles. The van der Waals surface area contributed by atoms with Crippen LogP contribution in [0.4, 0.5) is 5.82 Å². The summed E-state index contributed by atoms with van der Waals surface area (Å²) in [6.07, 6.45) is 1.06. The van der Waals surface area contributed by atoms with Crippen LogP contribution in [-0.2, 0) is 11.2 Å².